The maximum absolute atomic E-state index is 10.3. The number of aromatic carboxylic acids is 1. The van der Waals surface area contributed by atoms with Crippen molar-refractivity contribution >= 4 is 12.3 Å². The van der Waals surface area contributed by atoms with E-state index in [1.165, 1.54) is 0 Å². The van der Waals surface area contributed by atoms with Crippen LogP contribution in [0.1, 0.15) is 10.4 Å². The van der Waals surface area contributed by atoms with Crippen molar-refractivity contribution in [1.29, 1.82) is 0 Å². The van der Waals surface area contributed by atoms with Gasteiger partial charge in [-0.15, -0.1) is 0 Å². The van der Waals surface area contributed by atoms with E-state index in [0.717, 1.165) is 12.1 Å². The van der Waals surface area contributed by atoms with Gasteiger partial charge in [0, 0.05) is 0 Å². The Morgan fingerprint density at radius 1 is 1.12 bits per heavy atom. The second-order valence-corrected chi connectivity index (χ2v) is 4.63. The van der Waals surface area contributed by atoms with Gasteiger partial charge in [-0.25, -0.2) is 4.79 Å². The Hall–Kier alpha value is -2.44. The SMILES string of the molecule is O=C(O)c1cc(O)c(O)c(O)c1.O=CC(O)(CO)C(O)C(O)CO. The van der Waals surface area contributed by atoms with Gasteiger partial charge in [0.1, 0.15) is 12.2 Å². The Morgan fingerprint density at radius 3 is 1.88 bits per heavy atom. The number of aliphatic hydroxyl groups is 5. The van der Waals surface area contributed by atoms with Crippen LogP contribution in [0, 0.1) is 0 Å². The van der Waals surface area contributed by atoms with Crippen LogP contribution in [0.15, 0.2) is 12.1 Å². The van der Waals surface area contributed by atoms with Crippen molar-refractivity contribution in [2.24, 2.45) is 0 Å². The fraction of sp³-hybridized carbons (Fsp3) is 0.385. The van der Waals surface area contributed by atoms with Gasteiger partial charge in [0.05, 0.1) is 18.8 Å². The lowest BCUT2D eigenvalue weighted by molar-refractivity contribution is -0.162. The number of carboxylic acids is 1. The molecular formula is C13H18O11. The van der Waals surface area contributed by atoms with Crippen LogP contribution in [-0.2, 0) is 4.79 Å². The fourth-order valence-corrected chi connectivity index (χ4v) is 1.36. The van der Waals surface area contributed by atoms with E-state index in [4.69, 9.17) is 46.0 Å². The van der Waals surface area contributed by atoms with E-state index in [1.54, 1.807) is 0 Å². The van der Waals surface area contributed by atoms with Gasteiger partial charge in [-0.2, -0.15) is 0 Å². The summed E-state index contributed by atoms with van der Waals surface area (Å²) in [6.45, 7) is -1.83. The summed E-state index contributed by atoms with van der Waals surface area (Å²) in [5, 5.41) is 78.6. The van der Waals surface area contributed by atoms with Crippen LogP contribution in [0.2, 0.25) is 0 Å². The van der Waals surface area contributed by atoms with E-state index >= 15 is 0 Å². The van der Waals surface area contributed by atoms with Crippen LogP contribution in [-0.4, -0.2) is 89.2 Å². The van der Waals surface area contributed by atoms with Crippen LogP contribution in [0.5, 0.6) is 17.2 Å². The van der Waals surface area contributed by atoms with E-state index in [2.05, 4.69) is 0 Å². The summed E-state index contributed by atoms with van der Waals surface area (Å²) < 4.78 is 0. The van der Waals surface area contributed by atoms with Crippen LogP contribution in [0.25, 0.3) is 0 Å². The summed E-state index contributed by atoms with van der Waals surface area (Å²) >= 11 is 0. The zero-order chi connectivity index (χ0) is 19.1. The molecule has 1 aromatic carbocycles. The second-order valence-electron chi connectivity index (χ2n) is 4.63. The van der Waals surface area contributed by atoms with Gasteiger partial charge in [0.2, 0.25) is 0 Å². The lowest BCUT2D eigenvalue weighted by atomic mass is 9.95. The first kappa shape index (κ1) is 21.6. The van der Waals surface area contributed by atoms with Gasteiger partial charge < -0.3 is 46.0 Å². The average Bonchev–Trinajstić information content (AvgIpc) is 2.57. The lowest BCUT2D eigenvalue weighted by Crippen LogP contribution is -2.54. The maximum atomic E-state index is 10.3. The number of rotatable bonds is 6. The molecule has 0 aliphatic heterocycles. The number of aromatic hydroxyl groups is 3. The molecule has 1 aromatic rings. The van der Waals surface area contributed by atoms with Gasteiger partial charge in [-0.05, 0) is 12.1 Å². The molecule has 136 valence electrons. The van der Waals surface area contributed by atoms with Gasteiger partial charge >= 0.3 is 5.97 Å². The first-order chi connectivity index (χ1) is 11.0. The molecular weight excluding hydrogens is 332 g/mol. The third-order valence-corrected chi connectivity index (χ3v) is 2.84. The number of carboxylic acid groups (broad SMARTS) is 1. The van der Waals surface area contributed by atoms with Crippen LogP contribution in [0.4, 0.5) is 0 Å². The molecule has 0 saturated heterocycles. The number of phenolic OH excluding ortho intramolecular Hbond substituents is 3. The van der Waals surface area contributed by atoms with Crippen LogP contribution >= 0.6 is 0 Å². The number of aldehydes is 1. The topological polar surface area (TPSA) is 216 Å². The Labute approximate surface area is 134 Å². The minimum absolute atomic E-state index is 0.0868. The quantitative estimate of drug-likeness (QED) is 0.187. The van der Waals surface area contributed by atoms with E-state index < -0.39 is 54.2 Å². The van der Waals surface area contributed by atoms with Crippen LogP contribution < -0.4 is 0 Å². The minimum atomic E-state index is -2.41. The number of hydrogen-bond donors (Lipinski definition) is 9. The van der Waals surface area contributed by atoms with Crippen molar-refractivity contribution < 1.29 is 55.5 Å². The number of carbonyl (C=O) groups excluding carboxylic acids is 1. The van der Waals surface area contributed by atoms with E-state index in [0.29, 0.717) is 0 Å². The zero-order valence-electron chi connectivity index (χ0n) is 12.1. The Morgan fingerprint density at radius 2 is 1.58 bits per heavy atom. The summed E-state index contributed by atoms with van der Waals surface area (Å²) in [6, 6.07) is 1.69. The Bertz CT molecular complexity index is 550. The number of phenols is 3. The van der Waals surface area contributed by atoms with E-state index in [-0.39, 0.29) is 11.8 Å². The average molecular weight is 350 g/mol. The molecule has 0 saturated carbocycles. The molecule has 0 radical (unpaired) electrons. The summed E-state index contributed by atoms with van der Waals surface area (Å²) in [6.07, 6.45) is -3.64. The molecule has 11 nitrogen and oxygen atoms in total. The molecule has 0 bridgehead atoms. The van der Waals surface area contributed by atoms with Crippen molar-refractivity contribution in [3.05, 3.63) is 17.7 Å². The van der Waals surface area contributed by atoms with E-state index in [9.17, 15) is 9.59 Å². The highest BCUT2D eigenvalue weighted by Crippen LogP contribution is 2.35. The summed E-state index contributed by atoms with van der Waals surface area (Å²) in [5.74, 6) is -3.33. The molecule has 0 heterocycles. The molecule has 11 heteroatoms. The van der Waals surface area contributed by atoms with Gasteiger partial charge in [-0.3, -0.25) is 4.79 Å². The van der Waals surface area contributed by atoms with E-state index in [1.807, 2.05) is 0 Å². The van der Waals surface area contributed by atoms with Crippen molar-refractivity contribution in [2.45, 2.75) is 17.8 Å². The molecule has 3 atom stereocenters. The van der Waals surface area contributed by atoms with Crippen molar-refractivity contribution in [1.82, 2.24) is 0 Å². The zero-order valence-corrected chi connectivity index (χ0v) is 12.1. The fourth-order valence-electron chi connectivity index (χ4n) is 1.36. The molecule has 9 N–H and O–H groups in total. The minimum Gasteiger partial charge on any atom is -0.504 e. The van der Waals surface area contributed by atoms with Gasteiger partial charge in [0.25, 0.3) is 0 Å². The van der Waals surface area contributed by atoms with Crippen molar-refractivity contribution in [3.63, 3.8) is 0 Å². The van der Waals surface area contributed by atoms with Crippen molar-refractivity contribution in [3.8, 4) is 17.2 Å². The predicted octanol–water partition coefficient (Wildman–Crippen LogP) is -2.88. The van der Waals surface area contributed by atoms with Gasteiger partial charge in [-0.1, -0.05) is 0 Å². The largest absolute Gasteiger partial charge is 0.504 e. The molecule has 0 fully saturated rings. The molecule has 0 aromatic heterocycles. The summed E-state index contributed by atoms with van der Waals surface area (Å²) in [4.78, 5) is 20.5. The first-order valence-electron chi connectivity index (χ1n) is 6.28. The number of benzene rings is 1. The summed E-state index contributed by atoms with van der Waals surface area (Å²) in [5.41, 5.74) is -2.70. The second kappa shape index (κ2) is 9.00. The molecule has 3 unspecified atom stereocenters. The smallest absolute Gasteiger partial charge is 0.335 e. The molecule has 0 aliphatic carbocycles. The molecule has 0 aliphatic rings. The first-order valence-corrected chi connectivity index (χ1v) is 6.28. The highest BCUT2D eigenvalue weighted by Gasteiger charge is 2.39. The number of carbonyl (C=O) groups is 2. The molecule has 1 rings (SSSR count). The number of aliphatic hydroxyl groups excluding tert-OH is 4. The third-order valence-electron chi connectivity index (χ3n) is 2.84. The Balaban J connectivity index is 0.000000441. The van der Waals surface area contributed by atoms with Crippen molar-refractivity contribution in [2.75, 3.05) is 13.2 Å². The molecule has 0 amide bonds. The maximum Gasteiger partial charge on any atom is 0.335 e. The number of hydrogen-bond acceptors (Lipinski definition) is 10. The highest BCUT2D eigenvalue weighted by molar-refractivity contribution is 5.89. The molecule has 24 heavy (non-hydrogen) atoms. The Kier molecular flexibility index (Phi) is 8.09. The summed E-state index contributed by atoms with van der Waals surface area (Å²) in [7, 11) is 0. The van der Waals surface area contributed by atoms with Gasteiger partial charge in [0.15, 0.2) is 29.1 Å². The highest BCUT2D eigenvalue weighted by atomic mass is 16.4. The monoisotopic (exact) mass is 350 g/mol. The lowest BCUT2D eigenvalue weighted by Gasteiger charge is -2.27. The molecule has 0 spiro atoms. The predicted molar refractivity (Wildman–Crippen MR) is 75.6 cm³/mol. The normalized spacial score (nSPS) is 15.4. The third kappa shape index (κ3) is 5.33. The van der Waals surface area contributed by atoms with Crippen LogP contribution in [0.3, 0.4) is 0 Å². The standard InChI is InChI=1S/C7H6O5.C6H12O6/c8-4-1-3(7(11)12)2-5(9)6(4)10;7-1-4(10)5(11)6(12,2-8)3-9/h1-2,8-10H,(H,11,12);2,4-5,7,9-12H,1,3H2.